The summed E-state index contributed by atoms with van der Waals surface area (Å²) in [5.41, 5.74) is 2.78. The molecule has 1 saturated carbocycles. The van der Waals surface area contributed by atoms with Gasteiger partial charge in [-0.1, -0.05) is 19.3 Å². The van der Waals surface area contributed by atoms with Crippen molar-refractivity contribution in [2.45, 2.75) is 71.8 Å². The van der Waals surface area contributed by atoms with Crippen molar-refractivity contribution in [1.82, 2.24) is 9.55 Å². The molecule has 2 nitrogen and oxygen atoms in total. The Hall–Kier alpha value is -0.790. The fraction of sp³-hybridized carbons (Fsp3) is 0.786. The van der Waals surface area contributed by atoms with Crippen LogP contribution in [0.15, 0.2) is 0 Å². The van der Waals surface area contributed by atoms with Gasteiger partial charge in [0, 0.05) is 17.7 Å². The molecule has 1 aromatic heterocycles. The van der Waals surface area contributed by atoms with Gasteiger partial charge in [0.15, 0.2) is 0 Å². The van der Waals surface area contributed by atoms with Gasteiger partial charge in [0.2, 0.25) is 0 Å². The van der Waals surface area contributed by atoms with Crippen LogP contribution < -0.4 is 0 Å². The standard InChI is InChI=1S/C14H24N2/c1-10(2)16-11(3)14(15-12(16)4)13-8-6-5-7-9-13/h10,13H,5-9H2,1-4H3. The highest BCUT2D eigenvalue weighted by Crippen LogP contribution is 2.34. The van der Waals surface area contributed by atoms with E-state index in [1.807, 2.05) is 0 Å². The zero-order valence-electron chi connectivity index (χ0n) is 11.1. The summed E-state index contributed by atoms with van der Waals surface area (Å²) in [6.45, 7) is 8.86. The number of aryl methyl sites for hydroxylation is 1. The van der Waals surface area contributed by atoms with Crippen LogP contribution in [0.4, 0.5) is 0 Å². The summed E-state index contributed by atoms with van der Waals surface area (Å²) >= 11 is 0. The van der Waals surface area contributed by atoms with E-state index in [2.05, 4.69) is 32.3 Å². The minimum Gasteiger partial charge on any atom is -0.330 e. The van der Waals surface area contributed by atoms with Crippen molar-refractivity contribution in [3.05, 3.63) is 17.2 Å². The van der Waals surface area contributed by atoms with E-state index in [0.717, 1.165) is 5.92 Å². The largest absolute Gasteiger partial charge is 0.330 e. The molecule has 0 saturated heterocycles. The lowest BCUT2D eigenvalue weighted by atomic mass is 9.86. The Morgan fingerprint density at radius 3 is 2.25 bits per heavy atom. The lowest BCUT2D eigenvalue weighted by Crippen LogP contribution is -2.08. The average Bonchev–Trinajstić information content (AvgIpc) is 2.55. The van der Waals surface area contributed by atoms with Crippen LogP contribution in [0.5, 0.6) is 0 Å². The highest BCUT2D eigenvalue weighted by molar-refractivity contribution is 5.21. The predicted octanol–water partition coefficient (Wildman–Crippen LogP) is 4.13. The van der Waals surface area contributed by atoms with Gasteiger partial charge in [0.25, 0.3) is 0 Å². The maximum atomic E-state index is 4.82. The van der Waals surface area contributed by atoms with E-state index in [9.17, 15) is 0 Å². The molecular weight excluding hydrogens is 196 g/mol. The third-order valence-electron chi connectivity index (χ3n) is 3.87. The zero-order valence-corrected chi connectivity index (χ0v) is 11.1. The molecule has 1 aromatic rings. The summed E-state index contributed by atoms with van der Waals surface area (Å²) in [4.78, 5) is 4.82. The molecule has 1 heterocycles. The Morgan fingerprint density at radius 1 is 1.12 bits per heavy atom. The van der Waals surface area contributed by atoms with Crippen LogP contribution in [0.25, 0.3) is 0 Å². The van der Waals surface area contributed by atoms with Gasteiger partial charge >= 0.3 is 0 Å². The number of rotatable bonds is 2. The predicted molar refractivity (Wildman–Crippen MR) is 67.9 cm³/mol. The van der Waals surface area contributed by atoms with Crippen LogP contribution in [0.1, 0.15) is 75.1 Å². The maximum absolute atomic E-state index is 4.82. The van der Waals surface area contributed by atoms with Crippen molar-refractivity contribution in [3.8, 4) is 0 Å². The van der Waals surface area contributed by atoms with Gasteiger partial charge in [-0.25, -0.2) is 4.98 Å². The van der Waals surface area contributed by atoms with Crippen molar-refractivity contribution in [2.24, 2.45) is 0 Å². The lowest BCUT2D eigenvalue weighted by Gasteiger charge is -2.21. The van der Waals surface area contributed by atoms with Crippen LogP contribution in [0.3, 0.4) is 0 Å². The first-order valence-corrected chi connectivity index (χ1v) is 6.66. The molecule has 0 N–H and O–H groups in total. The Bertz CT molecular complexity index is 357. The fourth-order valence-corrected chi connectivity index (χ4v) is 3.20. The first-order valence-electron chi connectivity index (χ1n) is 6.66. The Morgan fingerprint density at radius 2 is 1.75 bits per heavy atom. The van der Waals surface area contributed by atoms with Crippen LogP contribution in [-0.2, 0) is 0 Å². The molecule has 2 rings (SSSR count). The van der Waals surface area contributed by atoms with Crippen LogP contribution in [-0.4, -0.2) is 9.55 Å². The molecule has 1 fully saturated rings. The molecule has 0 aromatic carbocycles. The highest BCUT2D eigenvalue weighted by atomic mass is 15.1. The van der Waals surface area contributed by atoms with E-state index in [1.165, 1.54) is 49.3 Å². The number of hydrogen-bond acceptors (Lipinski definition) is 1. The van der Waals surface area contributed by atoms with E-state index >= 15 is 0 Å². The molecule has 0 spiro atoms. The monoisotopic (exact) mass is 220 g/mol. The maximum Gasteiger partial charge on any atom is 0.106 e. The molecule has 2 heteroatoms. The lowest BCUT2D eigenvalue weighted by molar-refractivity contribution is 0.435. The first-order chi connectivity index (χ1) is 7.61. The molecular formula is C14H24N2. The molecule has 0 unspecified atom stereocenters. The van der Waals surface area contributed by atoms with Gasteiger partial charge in [-0.3, -0.25) is 0 Å². The number of nitrogens with zero attached hydrogens (tertiary/aromatic N) is 2. The highest BCUT2D eigenvalue weighted by Gasteiger charge is 2.22. The summed E-state index contributed by atoms with van der Waals surface area (Å²) < 4.78 is 2.38. The van der Waals surface area contributed by atoms with Gasteiger partial charge in [-0.2, -0.15) is 0 Å². The zero-order chi connectivity index (χ0) is 11.7. The second-order valence-electron chi connectivity index (χ2n) is 5.43. The minimum atomic E-state index is 0.532. The Balaban J connectivity index is 2.30. The molecule has 0 atom stereocenters. The molecule has 16 heavy (non-hydrogen) atoms. The SMILES string of the molecule is Cc1nc(C2CCCCC2)c(C)n1C(C)C. The quantitative estimate of drug-likeness (QED) is 0.732. The molecule has 0 radical (unpaired) electrons. The molecule has 1 aliphatic rings. The molecule has 1 aliphatic carbocycles. The van der Waals surface area contributed by atoms with Crippen LogP contribution >= 0.6 is 0 Å². The van der Waals surface area contributed by atoms with Crippen molar-refractivity contribution in [2.75, 3.05) is 0 Å². The number of imidazole rings is 1. The topological polar surface area (TPSA) is 17.8 Å². The Labute approximate surface area is 99.1 Å². The summed E-state index contributed by atoms with van der Waals surface area (Å²) in [6, 6.07) is 0.532. The van der Waals surface area contributed by atoms with Crippen molar-refractivity contribution in [1.29, 1.82) is 0 Å². The van der Waals surface area contributed by atoms with Crippen molar-refractivity contribution < 1.29 is 0 Å². The summed E-state index contributed by atoms with van der Waals surface area (Å²) in [7, 11) is 0. The molecule has 0 aliphatic heterocycles. The van der Waals surface area contributed by atoms with Gasteiger partial charge in [0.1, 0.15) is 5.82 Å². The van der Waals surface area contributed by atoms with E-state index in [1.54, 1.807) is 0 Å². The Kier molecular flexibility index (Phi) is 3.36. The summed E-state index contributed by atoms with van der Waals surface area (Å²) in [5, 5.41) is 0. The van der Waals surface area contributed by atoms with Crippen molar-refractivity contribution >= 4 is 0 Å². The third kappa shape index (κ3) is 2.02. The van der Waals surface area contributed by atoms with Gasteiger partial charge in [-0.05, 0) is 40.5 Å². The van der Waals surface area contributed by atoms with E-state index in [-0.39, 0.29) is 0 Å². The molecule has 90 valence electrons. The average molecular weight is 220 g/mol. The van der Waals surface area contributed by atoms with Crippen molar-refractivity contribution in [3.63, 3.8) is 0 Å². The number of aromatic nitrogens is 2. The smallest absolute Gasteiger partial charge is 0.106 e. The summed E-state index contributed by atoms with van der Waals surface area (Å²) in [5.74, 6) is 1.92. The van der Waals surface area contributed by atoms with Gasteiger partial charge in [0.05, 0.1) is 5.69 Å². The summed E-state index contributed by atoms with van der Waals surface area (Å²) in [6.07, 6.45) is 6.87. The molecule has 0 bridgehead atoms. The second-order valence-corrected chi connectivity index (χ2v) is 5.43. The minimum absolute atomic E-state index is 0.532. The first kappa shape index (κ1) is 11.7. The van der Waals surface area contributed by atoms with Crippen LogP contribution in [0, 0.1) is 13.8 Å². The van der Waals surface area contributed by atoms with E-state index in [4.69, 9.17) is 4.98 Å². The van der Waals surface area contributed by atoms with E-state index in [0.29, 0.717) is 6.04 Å². The second kappa shape index (κ2) is 4.60. The van der Waals surface area contributed by atoms with Gasteiger partial charge in [-0.15, -0.1) is 0 Å². The fourth-order valence-electron chi connectivity index (χ4n) is 3.20. The van der Waals surface area contributed by atoms with Gasteiger partial charge < -0.3 is 4.57 Å². The third-order valence-corrected chi connectivity index (χ3v) is 3.87. The van der Waals surface area contributed by atoms with E-state index < -0.39 is 0 Å². The van der Waals surface area contributed by atoms with Crippen LogP contribution in [0.2, 0.25) is 0 Å². The number of hydrogen-bond donors (Lipinski definition) is 0. The molecule has 0 amide bonds. The normalized spacial score (nSPS) is 18.3.